The topological polar surface area (TPSA) is 67.2 Å². The molecule has 1 aliphatic heterocycles. The van der Waals surface area contributed by atoms with Crippen LogP contribution in [-0.2, 0) is 17.8 Å². The van der Waals surface area contributed by atoms with Gasteiger partial charge in [-0.2, -0.15) is 0 Å². The second-order valence-corrected chi connectivity index (χ2v) is 8.66. The van der Waals surface area contributed by atoms with E-state index in [0.29, 0.717) is 18.7 Å². The number of unbranched alkanes of at least 4 members (excludes halogenated alkanes) is 1. The van der Waals surface area contributed by atoms with E-state index in [0.717, 1.165) is 36.9 Å². The number of amides is 2. The number of benzene rings is 1. The largest absolute Gasteiger partial charge is 0.344 e. The van der Waals surface area contributed by atoms with Crippen LogP contribution in [0.5, 0.6) is 0 Å². The maximum absolute atomic E-state index is 13.9. The van der Waals surface area contributed by atoms with Gasteiger partial charge in [-0.25, -0.2) is 0 Å². The van der Waals surface area contributed by atoms with Crippen molar-refractivity contribution in [1.29, 1.82) is 0 Å². The van der Waals surface area contributed by atoms with Gasteiger partial charge in [-0.05, 0) is 42.2 Å². The van der Waals surface area contributed by atoms with Crippen LogP contribution in [0.1, 0.15) is 53.8 Å². The van der Waals surface area contributed by atoms with Crippen LogP contribution in [0.25, 0.3) is 0 Å². The third-order valence-corrected chi connectivity index (χ3v) is 6.26. The van der Waals surface area contributed by atoms with Crippen molar-refractivity contribution < 1.29 is 9.59 Å². The molecule has 1 aliphatic rings. The van der Waals surface area contributed by atoms with Crippen molar-refractivity contribution in [2.45, 2.75) is 51.2 Å². The third-order valence-electron chi connectivity index (χ3n) is 6.26. The summed E-state index contributed by atoms with van der Waals surface area (Å²) in [6, 6.07) is 16.7. The number of nitrogens with zero attached hydrogens (tertiary/aromatic N) is 3. The first-order chi connectivity index (χ1) is 16.7. The molecule has 3 heterocycles. The average molecular weight is 457 g/mol. The molecule has 6 nitrogen and oxygen atoms in total. The summed E-state index contributed by atoms with van der Waals surface area (Å²) in [4.78, 5) is 33.3. The second-order valence-electron chi connectivity index (χ2n) is 8.66. The molecule has 0 aliphatic carbocycles. The smallest absolute Gasteiger partial charge is 0.268 e. The molecule has 2 amide bonds. The Hall–Kier alpha value is -3.67. The van der Waals surface area contributed by atoms with Gasteiger partial charge in [-0.1, -0.05) is 61.9 Å². The highest BCUT2D eigenvalue weighted by Gasteiger charge is 2.32. The van der Waals surface area contributed by atoms with Crippen molar-refractivity contribution in [2.24, 2.45) is 0 Å². The zero-order valence-corrected chi connectivity index (χ0v) is 19.6. The molecule has 0 fully saturated rings. The lowest BCUT2D eigenvalue weighted by Gasteiger charge is -2.36. The van der Waals surface area contributed by atoms with Crippen molar-refractivity contribution in [1.82, 2.24) is 19.8 Å². The Kier molecular flexibility index (Phi) is 7.91. The average Bonchev–Trinajstić information content (AvgIpc) is 3.36. The van der Waals surface area contributed by atoms with Gasteiger partial charge in [0.05, 0.1) is 6.04 Å². The van der Waals surface area contributed by atoms with E-state index in [-0.39, 0.29) is 17.9 Å². The van der Waals surface area contributed by atoms with Crippen LogP contribution in [0.2, 0.25) is 0 Å². The Morgan fingerprint density at radius 2 is 1.94 bits per heavy atom. The fourth-order valence-corrected chi connectivity index (χ4v) is 4.43. The van der Waals surface area contributed by atoms with Crippen LogP contribution >= 0.6 is 0 Å². The lowest BCUT2D eigenvalue weighted by Crippen LogP contribution is -2.51. The fraction of sp³-hybridized carbons (Fsp3) is 0.321. The number of carbonyl (C=O) groups is 2. The summed E-state index contributed by atoms with van der Waals surface area (Å²) in [6.45, 7) is 3.42. The van der Waals surface area contributed by atoms with Gasteiger partial charge in [0.25, 0.3) is 5.91 Å². The highest BCUT2D eigenvalue weighted by atomic mass is 16.2. The fourth-order valence-electron chi connectivity index (χ4n) is 4.43. The van der Waals surface area contributed by atoms with E-state index in [9.17, 15) is 9.59 Å². The van der Waals surface area contributed by atoms with Gasteiger partial charge < -0.3 is 14.8 Å². The standard InChI is InChI=1S/C28H32N4O2/c1-2-3-17-31-18-10-15-26(31)27(33)30-24(20-22-11-5-4-6-12-22)28(34)32-19-8-7-14-25(32)23-13-9-16-29-21-23/h4-13,15-16,18,21,24-25H,2-3,14,17,19-20H2,1H3,(H,30,33)/t24-,25?/m0/s1. The van der Waals surface area contributed by atoms with E-state index in [1.165, 1.54) is 0 Å². The van der Waals surface area contributed by atoms with Gasteiger partial charge in [-0.3, -0.25) is 14.6 Å². The van der Waals surface area contributed by atoms with Gasteiger partial charge in [0, 0.05) is 38.1 Å². The highest BCUT2D eigenvalue weighted by molar-refractivity contribution is 5.96. The van der Waals surface area contributed by atoms with Crippen molar-refractivity contribution >= 4 is 11.8 Å². The Labute approximate surface area is 201 Å². The summed E-state index contributed by atoms with van der Waals surface area (Å²) in [6.07, 6.45) is 12.8. The molecule has 2 aromatic heterocycles. The van der Waals surface area contributed by atoms with Gasteiger partial charge in [0.1, 0.15) is 11.7 Å². The number of nitrogens with one attached hydrogen (secondary N) is 1. The zero-order chi connectivity index (χ0) is 23.8. The number of hydrogen-bond acceptors (Lipinski definition) is 3. The lowest BCUT2D eigenvalue weighted by atomic mass is 9.97. The molecule has 34 heavy (non-hydrogen) atoms. The predicted octanol–water partition coefficient (Wildman–Crippen LogP) is 4.55. The van der Waals surface area contributed by atoms with Crippen molar-refractivity contribution in [3.8, 4) is 0 Å². The van der Waals surface area contributed by atoms with E-state index in [4.69, 9.17) is 0 Å². The SMILES string of the molecule is CCCCn1cccc1C(=O)N[C@@H](Cc1ccccc1)C(=O)N1CC=CCC1c1cccnc1. The molecule has 2 atom stereocenters. The highest BCUT2D eigenvalue weighted by Crippen LogP contribution is 2.28. The first kappa shape index (κ1) is 23.5. The summed E-state index contributed by atoms with van der Waals surface area (Å²) in [5.74, 6) is -0.303. The molecule has 176 valence electrons. The van der Waals surface area contributed by atoms with Crippen molar-refractivity contribution in [2.75, 3.05) is 6.54 Å². The first-order valence-corrected chi connectivity index (χ1v) is 12.0. The van der Waals surface area contributed by atoms with Gasteiger partial charge in [0.15, 0.2) is 0 Å². The minimum Gasteiger partial charge on any atom is -0.344 e. The van der Waals surface area contributed by atoms with Crippen LogP contribution in [0.4, 0.5) is 0 Å². The Bertz CT molecular complexity index is 1110. The lowest BCUT2D eigenvalue weighted by molar-refractivity contribution is -0.135. The van der Waals surface area contributed by atoms with Crippen LogP contribution < -0.4 is 5.32 Å². The summed E-state index contributed by atoms with van der Waals surface area (Å²) in [5, 5.41) is 3.06. The summed E-state index contributed by atoms with van der Waals surface area (Å²) in [7, 11) is 0. The molecule has 0 bridgehead atoms. The maximum Gasteiger partial charge on any atom is 0.268 e. The summed E-state index contributed by atoms with van der Waals surface area (Å²) < 4.78 is 1.96. The number of hydrogen-bond donors (Lipinski definition) is 1. The molecular weight excluding hydrogens is 424 g/mol. The molecule has 0 saturated carbocycles. The van der Waals surface area contributed by atoms with Crippen LogP contribution in [0.15, 0.2) is 85.3 Å². The van der Waals surface area contributed by atoms with Crippen LogP contribution in [0, 0.1) is 0 Å². The minimum absolute atomic E-state index is 0.0814. The first-order valence-electron chi connectivity index (χ1n) is 12.0. The molecule has 3 aromatic rings. The number of carbonyl (C=O) groups excluding carboxylic acids is 2. The molecular formula is C28H32N4O2. The maximum atomic E-state index is 13.9. The van der Waals surface area contributed by atoms with Gasteiger partial charge >= 0.3 is 0 Å². The summed E-state index contributed by atoms with van der Waals surface area (Å²) >= 11 is 0. The number of pyridine rings is 1. The molecule has 4 rings (SSSR count). The molecule has 0 saturated heterocycles. The van der Waals surface area contributed by atoms with E-state index >= 15 is 0 Å². The minimum atomic E-state index is -0.671. The van der Waals surface area contributed by atoms with Crippen molar-refractivity contribution in [3.63, 3.8) is 0 Å². The Morgan fingerprint density at radius 1 is 1.09 bits per heavy atom. The summed E-state index contributed by atoms with van der Waals surface area (Å²) in [5.41, 5.74) is 2.59. The quantitative estimate of drug-likeness (QED) is 0.480. The van der Waals surface area contributed by atoms with E-state index in [1.54, 1.807) is 6.20 Å². The van der Waals surface area contributed by atoms with E-state index in [1.807, 2.05) is 82.5 Å². The van der Waals surface area contributed by atoms with Crippen LogP contribution in [-0.4, -0.2) is 38.9 Å². The number of rotatable bonds is 9. The van der Waals surface area contributed by atoms with Crippen LogP contribution in [0.3, 0.4) is 0 Å². The van der Waals surface area contributed by atoms with Gasteiger partial charge in [0.2, 0.25) is 5.91 Å². The van der Waals surface area contributed by atoms with Gasteiger partial charge in [-0.15, -0.1) is 0 Å². The normalized spacial score (nSPS) is 16.3. The molecule has 1 unspecified atom stereocenters. The van der Waals surface area contributed by atoms with E-state index in [2.05, 4.69) is 23.3 Å². The van der Waals surface area contributed by atoms with Crippen molar-refractivity contribution in [3.05, 3.63) is 102 Å². The second kappa shape index (κ2) is 11.5. The Balaban J connectivity index is 1.59. The number of aryl methyl sites for hydroxylation is 1. The molecule has 1 N–H and O–H groups in total. The predicted molar refractivity (Wildman–Crippen MR) is 133 cm³/mol. The molecule has 0 radical (unpaired) electrons. The number of aromatic nitrogens is 2. The zero-order valence-electron chi connectivity index (χ0n) is 19.6. The molecule has 6 heteroatoms. The molecule has 1 aromatic carbocycles. The third kappa shape index (κ3) is 5.63. The monoisotopic (exact) mass is 456 g/mol. The Morgan fingerprint density at radius 3 is 2.71 bits per heavy atom. The molecule has 0 spiro atoms. The van der Waals surface area contributed by atoms with E-state index < -0.39 is 6.04 Å².